The summed E-state index contributed by atoms with van der Waals surface area (Å²) >= 11 is 1.33. The van der Waals surface area contributed by atoms with E-state index in [1.807, 2.05) is 0 Å². The second kappa shape index (κ2) is 7.34. The molecule has 7 heteroatoms. The molecule has 0 spiro atoms. The van der Waals surface area contributed by atoms with Crippen molar-refractivity contribution in [1.82, 2.24) is 15.5 Å². The molecule has 3 rings (SSSR count). The zero-order valence-electron chi connectivity index (χ0n) is 13.7. The second-order valence-electron chi connectivity index (χ2n) is 5.98. The SMILES string of the molecule is CSc1cccc(F)c1C(=O)N[C@H](C)c1nc(C2CCCC2)no1. The van der Waals surface area contributed by atoms with E-state index in [-0.39, 0.29) is 5.56 Å². The number of hydrogen-bond acceptors (Lipinski definition) is 5. The Kier molecular flexibility index (Phi) is 5.18. The lowest BCUT2D eigenvalue weighted by Crippen LogP contribution is -2.28. The van der Waals surface area contributed by atoms with Crippen LogP contribution >= 0.6 is 11.8 Å². The first kappa shape index (κ1) is 17.0. The zero-order chi connectivity index (χ0) is 17.1. The highest BCUT2D eigenvalue weighted by Crippen LogP contribution is 2.32. The van der Waals surface area contributed by atoms with Crippen LogP contribution in [0.1, 0.15) is 66.6 Å². The van der Waals surface area contributed by atoms with E-state index >= 15 is 0 Å². The van der Waals surface area contributed by atoms with Gasteiger partial charge in [0.05, 0.1) is 5.56 Å². The number of benzene rings is 1. The molecule has 2 aromatic rings. The lowest BCUT2D eigenvalue weighted by molar-refractivity contribution is 0.0925. The maximum absolute atomic E-state index is 14.0. The van der Waals surface area contributed by atoms with Crippen molar-refractivity contribution in [2.24, 2.45) is 0 Å². The minimum atomic E-state index is -0.538. The molecule has 5 nitrogen and oxygen atoms in total. The molecule has 24 heavy (non-hydrogen) atoms. The van der Waals surface area contributed by atoms with E-state index in [2.05, 4.69) is 15.5 Å². The van der Waals surface area contributed by atoms with Gasteiger partial charge in [0.15, 0.2) is 5.82 Å². The van der Waals surface area contributed by atoms with E-state index in [9.17, 15) is 9.18 Å². The molecule has 1 heterocycles. The molecule has 1 aliphatic carbocycles. The molecule has 1 atom stereocenters. The van der Waals surface area contributed by atoms with E-state index < -0.39 is 17.8 Å². The molecule has 1 aromatic heterocycles. The summed E-state index contributed by atoms with van der Waals surface area (Å²) in [5.74, 6) is 0.390. The van der Waals surface area contributed by atoms with Crippen LogP contribution in [-0.2, 0) is 0 Å². The summed E-state index contributed by atoms with van der Waals surface area (Å²) in [6, 6.07) is 4.12. The molecule has 0 unspecified atom stereocenters. The highest BCUT2D eigenvalue weighted by Gasteiger charge is 2.25. The summed E-state index contributed by atoms with van der Waals surface area (Å²) < 4.78 is 19.3. The van der Waals surface area contributed by atoms with E-state index in [0.29, 0.717) is 22.5 Å². The Hall–Kier alpha value is -1.89. The van der Waals surface area contributed by atoms with E-state index in [4.69, 9.17) is 4.52 Å². The van der Waals surface area contributed by atoms with Gasteiger partial charge >= 0.3 is 0 Å². The van der Waals surface area contributed by atoms with Crippen LogP contribution in [0.25, 0.3) is 0 Å². The minimum Gasteiger partial charge on any atom is -0.340 e. The van der Waals surface area contributed by atoms with Crippen LogP contribution in [0.3, 0.4) is 0 Å². The minimum absolute atomic E-state index is 0.0485. The fourth-order valence-electron chi connectivity index (χ4n) is 3.00. The fraction of sp³-hybridized carbons (Fsp3) is 0.471. The van der Waals surface area contributed by atoms with Crippen LogP contribution in [0.15, 0.2) is 27.6 Å². The predicted molar refractivity (Wildman–Crippen MR) is 89.6 cm³/mol. The van der Waals surface area contributed by atoms with Crippen LogP contribution < -0.4 is 5.32 Å². The van der Waals surface area contributed by atoms with Gasteiger partial charge < -0.3 is 9.84 Å². The summed E-state index contributed by atoms with van der Waals surface area (Å²) in [4.78, 5) is 17.4. The van der Waals surface area contributed by atoms with Gasteiger partial charge in [0.2, 0.25) is 5.89 Å². The lowest BCUT2D eigenvalue weighted by atomic mass is 10.1. The van der Waals surface area contributed by atoms with Crippen LogP contribution in [0.4, 0.5) is 4.39 Å². The molecule has 1 fully saturated rings. The number of carbonyl (C=O) groups is 1. The normalized spacial score (nSPS) is 16.3. The standard InChI is InChI=1S/C17H20FN3O2S/c1-10(17-20-15(21-23-17)11-6-3-4-7-11)19-16(22)14-12(18)8-5-9-13(14)24-2/h5,8-11H,3-4,6-7H2,1-2H3,(H,19,22)/t10-/m1/s1. The van der Waals surface area contributed by atoms with Crippen molar-refractivity contribution in [3.63, 3.8) is 0 Å². The van der Waals surface area contributed by atoms with Gasteiger partial charge in [-0.2, -0.15) is 4.98 Å². The lowest BCUT2D eigenvalue weighted by Gasteiger charge is -2.12. The van der Waals surface area contributed by atoms with Gasteiger partial charge in [-0.15, -0.1) is 11.8 Å². The van der Waals surface area contributed by atoms with Crippen molar-refractivity contribution < 1.29 is 13.7 Å². The van der Waals surface area contributed by atoms with Crippen molar-refractivity contribution in [2.75, 3.05) is 6.26 Å². The summed E-state index contributed by atoms with van der Waals surface area (Å²) in [6.45, 7) is 1.75. The monoisotopic (exact) mass is 349 g/mol. The van der Waals surface area contributed by atoms with Gasteiger partial charge in [-0.25, -0.2) is 4.39 Å². The summed E-state index contributed by atoms with van der Waals surface area (Å²) in [5.41, 5.74) is 0.0485. The first-order valence-corrected chi connectivity index (χ1v) is 9.29. The Bertz CT molecular complexity index is 728. The Morgan fingerprint density at radius 3 is 2.88 bits per heavy atom. The van der Waals surface area contributed by atoms with E-state index in [1.165, 1.54) is 30.7 Å². The van der Waals surface area contributed by atoms with Crippen LogP contribution in [-0.4, -0.2) is 22.3 Å². The predicted octanol–water partition coefficient (Wildman–Crippen LogP) is 4.08. The van der Waals surface area contributed by atoms with Crippen molar-refractivity contribution >= 4 is 17.7 Å². The number of halogens is 1. The van der Waals surface area contributed by atoms with Gasteiger partial charge in [0.1, 0.15) is 11.9 Å². The Morgan fingerprint density at radius 2 is 2.17 bits per heavy atom. The van der Waals surface area contributed by atoms with Gasteiger partial charge in [-0.3, -0.25) is 4.79 Å². The third-order valence-corrected chi connectivity index (χ3v) is 5.10. The molecule has 0 radical (unpaired) electrons. The van der Waals surface area contributed by atoms with Crippen LogP contribution in [0.2, 0.25) is 0 Å². The number of thioether (sulfide) groups is 1. The number of nitrogens with one attached hydrogen (secondary N) is 1. The first-order chi connectivity index (χ1) is 11.6. The quantitative estimate of drug-likeness (QED) is 0.824. The Balaban J connectivity index is 1.73. The van der Waals surface area contributed by atoms with Crippen molar-refractivity contribution in [1.29, 1.82) is 0 Å². The molecule has 1 amide bonds. The number of aromatic nitrogens is 2. The number of rotatable bonds is 5. The topological polar surface area (TPSA) is 68.0 Å². The van der Waals surface area contributed by atoms with Crippen molar-refractivity contribution in [2.45, 2.75) is 49.5 Å². The Labute approximate surface area is 144 Å². The van der Waals surface area contributed by atoms with Crippen molar-refractivity contribution in [3.8, 4) is 0 Å². The van der Waals surface area contributed by atoms with Crippen LogP contribution in [0, 0.1) is 5.82 Å². The number of amides is 1. The maximum Gasteiger partial charge on any atom is 0.256 e. The number of carbonyl (C=O) groups excluding carboxylic acids is 1. The van der Waals surface area contributed by atoms with Gasteiger partial charge in [0, 0.05) is 10.8 Å². The number of hydrogen-bond donors (Lipinski definition) is 1. The smallest absolute Gasteiger partial charge is 0.256 e. The highest BCUT2D eigenvalue weighted by molar-refractivity contribution is 7.98. The second-order valence-corrected chi connectivity index (χ2v) is 6.83. The average Bonchev–Trinajstić information content (AvgIpc) is 3.25. The molecule has 0 bridgehead atoms. The summed E-state index contributed by atoms with van der Waals surface area (Å²) in [7, 11) is 0. The van der Waals surface area contributed by atoms with E-state index in [1.54, 1.807) is 25.3 Å². The molecule has 0 saturated heterocycles. The molecule has 0 aliphatic heterocycles. The third-order valence-electron chi connectivity index (χ3n) is 4.32. The zero-order valence-corrected chi connectivity index (χ0v) is 14.5. The molecule has 128 valence electrons. The maximum atomic E-state index is 14.0. The molecular weight excluding hydrogens is 329 g/mol. The molecule has 1 N–H and O–H groups in total. The largest absolute Gasteiger partial charge is 0.340 e. The van der Waals surface area contributed by atoms with Gasteiger partial charge in [0.25, 0.3) is 5.91 Å². The Morgan fingerprint density at radius 1 is 1.42 bits per heavy atom. The van der Waals surface area contributed by atoms with Gasteiger partial charge in [-0.05, 0) is 38.2 Å². The highest BCUT2D eigenvalue weighted by atomic mass is 32.2. The third kappa shape index (κ3) is 3.45. The first-order valence-electron chi connectivity index (χ1n) is 8.07. The van der Waals surface area contributed by atoms with Crippen molar-refractivity contribution in [3.05, 3.63) is 41.3 Å². The number of nitrogens with zero attached hydrogens (tertiary/aromatic N) is 2. The summed E-state index contributed by atoms with van der Waals surface area (Å²) in [6.07, 6.45) is 6.33. The fourth-order valence-corrected chi connectivity index (χ4v) is 3.61. The average molecular weight is 349 g/mol. The molecule has 1 aromatic carbocycles. The van der Waals surface area contributed by atoms with E-state index in [0.717, 1.165) is 12.8 Å². The van der Waals surface area contributed by atoms with Crippen LogP contribution in [0.5, 0.6) is 0 Å². The summed E-state index contributed by atoms with van der Waals surface area (Å²) in [5, 5.41) is 6.78. The molecule has 1 saturated carbocycles. The molecule has 1 aliphatic rings. The molecular formula is C17H20FN3O2S. The van der Waals surface area contributed by atoms with Gasteiger partial charge in [-0.1, -0.05) is 24.1 Å².